The molecule has 1 aromatic rings. The Kier molecular flexibility index (Phi) is 7.00. The molecule has 2 aliphatic rings. The van der Waals surface area contributed by atoms with Crippen LogP contribution in [0.2, 0.25) is 5.02 Å². The zero-order chi connectivity index (χ0) is 19.2. The molecule has 0 bridgehead atoms. The predicted octanol–water partition coefficient (Wildman–Crippen LogP) is 3.56. The van der Waals surface area contributed by atoms with Crippen molar-refractivity contribution in [2.75, 3.05) is 37.6 Å². The molecule has 27 heavy (non-hydrogen) atoms. The highest BCUT2D eigenvalue weighted by molar-refractivity contribution is 6.30. The Morgan fingerprint density at radius 3 is 2.33 bits per heavy atom. The largest absolute Gasteiger partial charge is 0.368 e. The molecular formula is C21H30ClN3O2. The molecule has 0 radical (unpaired) electrons. The molecule has 0 spiro atoms. The minimum Gasteiger partial charge on any atom is -0.368 e. The van der Waals surface area contributed by atoms with E-state index in [1.807, 2.05) is 34.1 Å². The van der Waals surface area contributed by atoms with Gasteiger partial charge in [-0.3, -0.25) is 9.59 Å². The van der Waals surface area contributed by atoms with Crippen LogP contribution in [0.15, 0.2) is 24.3 Å². The number of halogens is 1. The third-order valence-electron chi connectivity index (χ3n) is 5.78. The van der Waals surface area contributed by atoms with Crippen LogP contribution in [-0.2, 0) is 9.59 Å². The van der Waals surface area contributed by atoms with Crippen LogP contribution in [0.5, 0.6) is 0 Å². The number of nitrogens with zero attached hydrogens (tertiary/aromatic N) is 3. The van der Waals surface area contributed by atoms with Gasteiger partial charge in [-0.15, -0.1) is 0 Å². The summed E-state index contributed by atoms with van der Waals surface area (Å²) in [5.74, 6) is 0.0907. The van der Waals surface area contributed by atoms with Crippen molar-refractivity contribution in [1.29, 1.82) is 0 Å². The second kappa shape index (κ2) is 9.45. The highest BCUT2D eigenvalue weighted by Gasteiger charge is 2.28. The molecule has 0 aromatic heterocycles. The van der Waals surface area contributed by atoms with Crippen molar-refractivity contribution >= 4 is 29.1 Å². The fourth-order valence-electron chi connectivity index (χ4n) is 4.20. The van der Waals surface area contributed by atoms with Gasteiger partial charge in [0.05, 0.1) is 6.54 Å². The Morgan fingerprint density at radius 1 is 1.07 bits per heavy atom. The Bertz CT molecular complexity index is 651. The van der Waals surface area contributed by atoms with Crippen LogP contribution in [0.3, 0.4) is 0 Å². The first-order valence-electron chi connectivity index (χ1n) is 10.1. The van der Waals surface area contributed by atoms with Gasteiger partial charge >= 0.3 is 0 Å². The maximum atomic E-state index is 12.8. The first-order valence-corrected chi connectivity index (χ1v) is 10.5. The van der Waals surface area contributed by atoms with E-state index in [4.69, 9.17) is 11.6 Å². The number of amides is 2. The zero-order valence-corrected chi connectivity index (χ0v) is 17.0. The minimum atomic E-state index is 0.0211. The summed E-state index contributed by atoms with van der Waals surface area (Å²) in [6, 6.07) is 8.05. The first-order chi connectivity index (χ1) is 13.0. The van der Waals surface area contributed by atoms with Crippen molar-refractivity contribution in [2.24, 2.45) is 0 Å². The molecule has 6 heteroatoms. The lowest BCUT2D eigenvalue weighted by atomic mass is 10.1. The molecule has 1 heterocycles. The molecular weight excluding hydrogens is 362 g/mol. The highest BCUT2D eigenvalue weighted by atomic mass is 35.5. The van der Waals surface area contributed by atoms with Crippen LogP contribution in [0, 0.1) is 0 Å². The summed E-state index contributed by atoms with van der Waals surface area (Å²) in [5.41, 5.74) is 1.10. The van der Waals surface area contributed by atoms with Crippen LogP contribution < -0.4 is 4.90 Å². The summed E-state index contributed by atoms with van der Waals surface area (Å²) in [4.78, 5) is 31.0. The van der Waals surface area contributed by atoms with E-state index in [-0.39, 0.29) is 24.4 Å². The fourth-order valence-corrected chi connectivity index (χ4v) is 4.38. The molecule has 1 saturated carbocycles. The molecule has 3 rings (SSSR count). The predicted molar refractivity (Wildman–Crippen MR) is 109 cm³/mol. The summed E-state index contributed by atoms with van der Waals surface area (Å²) < 4.78 is 0. The van der Waals surface area contributed by atoms with E-state index in [0.717, 1.165) is 49.5 Å². The van der Waals surface area contributed by atoms with Gasteiger partial charge < -0.3 is 14.7 Å². The van der Waals surface area contributed by atoms with Gasteiger partial charge in [-0.25, -0.2) is 0 Å². The Hall–Kier alpha value is -1.75. The molecule has 1 aliphatic heterocycles. The third-order valence-corrected chi connectivity index (χ3v) is 6.02. The lowest BCUT2D eigenvalue weighted by Gasteiger charge is -2.38. The van der Waals surface area contributed by atoms with Gasteiger partial charge in [-0.2, -0.15) is 0 Å². The molecule has 1 aromatic carbocycles. The van der Waals surface area contributed by atoms with Gasteiger partial charge in [0, 0.05) is 49.9 Å². The van der Waals surface area contributed by atoms with E-state index in [0.29, 0.717) is 13.1 Å². The van der Waals surface area contributed by atoms with Crippen LogP contribution in [-0.4, -0.2) is 60.4 Å². The molecule has 2 amide bonds. The van der Waals surface area contributed by atoms with E-state index in [2.05, 4.69) is 4.90 Å². The van der Waals surface area contributed by atoms with Crippen LogP contribution in [0.25, 0.3) is 0 Å². The number of hydrogen-bond acceptors (Lipinski definition) is 3. The standard InChI is InChI=1S/C21H30ClN3O2/c1-17(26)25(19-8-4-2-3-5-9-19)16-21(27)24-13-11-23(12-14-24)20-10-6-7-18(22)15-20/h6-7,10,15,19H,2-5,8-9,11-14,16H2,1H3. The van der Waals surface area contributed by atoms with E-state index in [1.54, 1.807) is 6.92 Å². The van der Waals surface area contributed by atoms with Crippen LogP contribution >= 0.6 is 11.6 Å². The summed E-state index contributed by atoms with van der Waals surface area (Å²) in [7, 11) is 0. The number of carbonyl (C=O) groups excluding carboxylic acids is 2. The zero-order valence-electron chi connectivity index (χ0n) is 16.2. The van der Waals surface area contributed by atoms with Crippen molar-refractivity contribution in [2.45, 2.75) is 51.5 Å². The molecule has 148 valence electrons. The molecule has 0 unspecified atom stereocenters. The third kappa shape index (κ3) is 5.38. The van der Waals surface area contributed by atoms with E-state index >= 15 is 0 Å². The number of rotatable bonds is 4. The van der Waals surface area contributed by atoms with Crippen LogP contribution in [0.4, 0.5) is 5.69 Å². The summed E-state index contributed by atoms with van der Waals surface area (Å²) in [6.07, 6.45) is 6.83. The second-order valence-electron chi connectivity index (χ2n) is 7.64. The lowest BCUT2D eigenvalue weighted by Crippen LogP contribution is -2.53. The molecule has 2 fully saturated rings. The number of benzene rings is 1. The van der Waals surface area contributed by atoms with Crippen molar-refractivity contribution in [1.82, 2.24) is 9.80 Å². The quantitative estimate of drug-likeness (QED) is 0.737. The highest BCUT2D eigenvalue weighted by Crippen LogP contribution is 2.23. The number of hydrogen-bond donors (Lipinski definition) is 0. The van der Waals surface area contributed by atoms with Gasteiger partial charge in [0.2, 0.25) is 11.8 Å². The first kappa shape index (κ1) is 20.0. The number of anilines is 1. The topological polar surface area (TPSA) is 43.9 Å². The Morgan fingerprint density at radius 2 is 1.74 bits per heavy atom. The summed E-state index contributed by atoms with van der Waals surface area (Å²) in [5, 5.41) is 0.728. The van der Waals surface area contributed by atoms with Crippen molar-refractivity contribution in [3.63, 3.8) is 0 Å². The average Bonchev–Trinajstić information content (AvgIpc) is 2.95. The maximum Gasteiger partial charge on any atom is 0.242 e. The number of carbonyl (C=O) groups is 2. The maximum absolute atomic E-state index is 12.8. The fraction of sp³-hybridized carbons (Fsp3) is 0.619. The Balaban J connectivity index is 1.55. The molecule has 0 N–H and O–H groups in total. The van der Waals surface area contributed by atoms with Gasteiger partial charge in [-0.1, -0.05) is 43.4 Å². The van der Waals surface area contributed by atoms with Gasteiger partial charge in [0.1, 0.15) is 0 Å². The van der Waals surface area contributed by atoms with E-state index in [1.165, 1.54) is 12.8 Å². The molecule has 1 saturated heterocycles. The second-order valence-corrected chi connectivity index (χ2v) is 8.08. The average molecular weight is 392 g/mol. The monoisotopic (exact) mass is 391 g/mol. The smallest absolute Gasteiger partial charge is 0.242 e. The van der Waals surface area contributed by atoms with Gasteiger partial charge in [0.15, 0.2) is 0 Å². The molecule has 0 atom stereocenters. The lowest BCUT2D eigenvalue weighted by molar-refractivity contribution is -0.141. The van der Waals surface area contributed by atoms with Crippen molar-refractivity contribution < 1.29 is 9.59 Å². The van der Waals surface area contributed by atoms with Gasteiger partial charge in [0.25, 0.3) is 0 Å². The number of piperazine rings is 1. The molecule has 5 nitrogen and oxygen atoms in total. The van der Waals surface area contributed by atoms with Crippen LogP contribution in [0.1, 0.15) is 45.4 Å². The van der Waals surface area contributed by atoms with E-state index in [9.17, 15) is 9.59 Å². The van der Waals surface area contributed by atoms with E-state index < -0.39 is 0 Å². The molecule has 1 aliphatic carbocycles. The normalized spacial score (nSPS) is 18.9. The van der Waals surface area contributed by atoms with Crippen molar-refractivity contribution in [3.8, 4) is 0 Å². The minimum absolute atomic E-state index is 0.0211. The Labute approximate surface area is 167 Å². The SMILES string of the molecule is CC(=O)N(CC(=O)N1CCN(c2cccc(Cl)c2)CC1)C1CCCCCC1. The van der Waals surface area contributed by atoms with Crippen molar-refractivity contribution in [3.05, 3.63) is 29.3 Å². The summed E-state index contributed by atoms with van der Waals surface area (Å²) >= 11 is 6.09. The summed E-state index contributed by atoms with van der Waals surface area (Å²) in [6.45, 7) is 4.75. The van der Waals surface area contributed by atoms with Gasteiger partial charge in [-0.05, 0) is 31.0 Å².